The lowest BCUT2D eigenvalue weighted by Gasteiger charge is -2.12. The Balaban J connectivity index is 1.59. The first-order valence-corrected chi connectivity index (χ1v) is 10.9. The quantitative estimate of drug-likeness (QED) is 0.438. The summed E-state index contributed by atoms with van der Waals surface area (Å²) in [5.74, 6) is -0.194. The van der Waals surface area contributed by atoms with Gasteiger partial charge in [-0.2, -0.15) is 0 Å². The summed E-state index contributed by atoms with van der Waals surface area (Å²) < 4.78 is 22.6. The maximum absolute atomic E-state index is 12.4. The van der Waals surface area contributed by atoms with Crippen LogP contribution in [0.4, 0.5) is 11.4 Å². The lowest BCUT2D eigenvalue weighted by molar-refractivity contribution is 0.0951. The summed E-state index contributed by atoms with van der Waals surface area (Å²) in [5, 5.41) is 14.2. The molecule has 154 valence electrons. The summed E-state index contributed by atoms with van der Waals surface area (Å²) in [6, 6.07) is 22.5. The number of benzene rings is 3. The number of nitrogens with two attached hydrogens (primary N) is 1. The number of anilines is 2. The molecule has 0 atom stereocenters. The van der Waals surface area contributed by atoms with Gasteiger partial charge in [-0.25, -0.2) is 13.6 Å². The average molecular weight is 441 g/mol. The fraction of sp³-hybridized carbons (Fsp3) is 0.0476. The van der Waals surface area contributed by atoms with Crippen molar-refractivity contribution in [3.8, 4) is 0 Å². The van der Waals surface area contributed by atoms with Crippen molar-refractivity contribution in [1.82, 2.24) is 5.32 Å². The van der Waals surface area contributed by atoms with Crippen LogP contribution in [0.15, 0.2) is 83.8 Å². The van der Waals surface area contributed by atoms with Crippen LogP contribution in [0.5, 0.6) is 0 Å². The van der Waals surface area contributed by atoms with Gasteiger partial charge in [0, 0.05) is 23.5 Å². The van der Waals surface area contributed by atoms with E-state index in [1.165, 1.54) is 12.1 Å². The standard InChI is InChI=1S/C21H20N4O3S2/c22-30(27,28)19-11-9-17(10-12-19)24-21(29)25-18-8-4-7-16(13-18)20(26)23-14-15-5-2-1-3-6-15/h1-13H,14H2,(H,23,26)(H2,22,27,28)(H2,24,25,29). The number of thiocarbonyl (C=S) groups is 1. The molecule has 0 aromatic heterocycles. The van der Waals surface area contributed by atoms with E-state index in [-0.39, 0.29) is 10.8 Å². The number of nitrogens with one attached hydrogen (secondary N) is 3. The van der Waals surface area contributed by atoms with Crippen LogP contribution in [0, 0.1) is 0 Å². The third kappa shape index (κ3) is 6.11. The van der Waals surface area contributed by atoms with Crippen molar-refractivity contribution in [2.24, 2.45) is 5.14 Å². The molecule has 0 unspecified atom stereocenters. The van der Waals surface area contributed by atoms with Crippen molar-refractivity contribution in [2.75, 3.05) is 10.6 Å². The molecule has 0 saturated heterocycles. The predicted molar refractivity (Wildman–Crippen MR) is 122 cm³/mol. The van der Waals surface area contributed by atoms with Gasteiger partial charge in [-0.3, -0.25) is 4.79 Å². The molecule has 3 rings (SSSR count). The van der Waals surface area contributed by atoms with Gasteiger partial charge in [0.15, 0.2) is 5.11 Å². The van der Waals surface area contributed by atoms with E-state index in [4.69, 9.17) is 17.4 Å². The van der Waals surface area contributed by atoms with Gasteiger partial charge in [-0.05, 0) is 60.2 Å². The molecular weight excluding hydrogens is 420 g/mol. The summed E-state index contributed by atoms with van der Waals surface area (Å²) >= 11 is 5.28. The molecule has 0 fully saturated rings. The zero-order valence-corrected chi connectivity index (χ0v) is 17.5. The highest BCUT2D eigenvalue weighted by atomic mass is 32.2. The Hall–Kier alpha value is -3.27. The third-order valence-corrected chi connectivity index (χ3v) is 5.25. The van der Waals surface area contributed by atoms with Gasteiger partial charge >= 0.3 is 0 Å². The van der Waals surface area contributed by atoms with Crippen LogP contribution in [0.1, 0.15) is 15.9 Å². The van der Waals surface area contributed by atoms with Crippen molar-refractivity contribution >= 4 is 44.6 Å². The van der Waals surface area contributed by atoms with Crippen LogP contribution >= 0.6 is 12.2 Å². The molecule has 0 aliphatic rings. The normalized spacial score (nSPS) is 10.8. The lowest BCUT2D eigenvalue weighted by Crippen LogP contribution is -2.23. The fourth-order valence-electron chi connectivity index (χ4n) is 2.64. The third-order valence-electron chi connectivity index (χ3n) is 4.12. The summed E-state index contributed by atoms with van der Waals surface area (Å²) in [6.07, 6.45) is 0. The minimum atomic E-state index is -3.75. The van der Waals surface area contributed by atoms with Gasteiger partial charge < -0.3 is 16.0 Å². The van der Waals surface area contributed by atoms with E-state index < -0.39 is 10.0 Å². The Bertz CT molecular complexity index is 1150. The van der Waals surface area contributed by atoms with Crippen LogP contribution in [-0.4, -0.2) is 19.4 Å². The molecular formula is C21H20N4O3S2. The minimum absolute atomic E-state index is 0.0149. The van der Waals surface area contributed by atoms with Gasteiger partial charge in [0.1, 0.15) is 0 Å². The van der Waals surface area contributed by atoms with Crippen molar-refractivity contribution in [1.29, 1.82) is 0 Å². The number of rotatable bonds is 6. The molecule has 9 heteroatoms. The summed E-state index contributed by atoms with van der Waals surface area (Å²) in [6.45, 7) is 0.436. The van der Waals surface area contributed by atoms with Crippen molar-refractivity contribution in [2.45, 2.75) is 11.4 Å². The summed E-state index contributed by atoms with van der Waals surface area (Å²) in [5.41, 5.74) is 2.74. The topological polar surface area (TPSA) is 113 Å². The predicted octanol–water partition coefficient (Wildman–Crippen LogP) is 3.07. The fourth-order valence-corrected chi connectivity index (χ4v) is 3.39. The first-order valence-electron chi connectivity index (χ1n) is 8.94. The van der Waals surface area contributed by atoms with Crippen LogP contribution in [0.3, 0.4) is 0 Å². The van der Waals surface area contributed by atoms with Crippen LogP contribution in [-0.2, 0) is 16.6 Å². The van der Waals surface area contributed by atoms with E-state index in [0.717, 1.165) is 5.56 Å². The molecule has 0 spiro atoms. The molecule has 0 saturated carbocycles. The van der Waals surface area contributed by atoms with Gasteiger partial charge in [-0.1, -0.05) is 36.4 Å². The largest absolute Gasteiger partial charge is 0.348 e. The van der Waals surface area contributed by atoms with Crippen molar-refractivity contribution in [3.63, 3.8) is 0 Å². The number of primary sulfonamides is 1. The maximum atomic E-state index is 12.4. The molecule has 3 aromatic rings. The number of hydrogen-bond acceptors (Lipinski definition) is 4. The van der Waals surface area contributed by atoms with E-state index >= 15 is 0 Å². The number of carbonyl (C=O) groups excluding carboxylic acids is 1. The monoisotopic (exact) mass is 440 g/mol. The minimum Gasteiger partial charge on any atom is -0.348 e. The second-order valence-corrected chi connectivity index (χ2v) is 8.37. The second-order valence-electron chi connectivity index (χ2n) is 6.40. The first kappa shape index (κ1) is 21.4. The number of carbonyl (C=O) groups is 1. The molecule has 30 heavy (non-hydrogen) atoms. The first-order chi connectivity index (χ1) is 14.3. The molecule has 0 aliphatic heterocycles. The van der Waals surface area contributed by atoms with E-state index in [1.54, 1.807) is 36.4 Å². The Morgan fingerprint density at radius 2 is 1.53 bits per heavy atom. The van der Waals surface area contributed by atoms with Crippen molar-refractivity contribution < 1.29 is 13.2 Å². The van der Waals surface area contributed by atoms with E-state index in [1.807, 2.05) is 30.3 Å². The zero-order valence-electron chi connectivity index (χ0n) is 15.8. The molecule has 7 nitrogen and oxygen atoms in total. The number of amides is 1. The molecule has 3 aromatic carbocycles. The Kier molecular flexibility index (Phi) is 6.78. The Labute approximate surface area is 180 Å². The Morgan fingerprint density at radius 1 is 0.867 bits per heavy atom. The molecule has 0 bridgehead atoms. The lowest BCUT2D eigenvalue weighted by atomic mass is 10.1. The molecule has 5 N–H and O–H groups in total. The van der Waals surface area contributed by atoms with Gasteiger partial charge in [0.2, 0.25) is 10.0 Å². The van der Waals surface area contributed by atoms with Gasteiger partial charge in [0.25, 0.3) is 5.91 Å². The molecule has 0 heterocycles. The van der Waals surface area contributed by atoms with Crippen LogP contribution in [0.25, 0.3) is 0 Å². The van der Waals surface area contributed by atoms with Crippen molar-refractivity contribution in [3.05, 3.63) is 90.0 Å². The SMILES string of the molecule is NS(=O)(=O)c1ccc(NC(=S)Nc2cccc(C(=O)NCc3ccccc3)c2)cc1. The summed E-state index contributed by atoms with van der Waals surface area (Å²) in [4.78, 5) is 12.4. The second kappa shape index (κ2) is 9.49. The molecule has 0 radical (unpaired) electrons. The highest BCUT2D eigenvalue weighted by Gasteiger charge is 2.09. The molecule has 0 aliphatic carbocycles. The Morgan fingerprint density at radius 3 is 2.20 bits per heavy atom. The highest BCUT2D eigenvalue weighted by Crippen LogP contribution is 2.15. The summed E-state index contributed by atoms with van der Waals surface area (Å²) in [7, 11) is -3.75. The number of sulfonamides is 1. The smallest absolute Gasteiger partial charge is 0.251 e. The van der Waals surface area contributed by atoms with Gasteiger partial charge in [-0.15, -0.1) is 0 Å². The highest BCUT2D eigenvalue weighted by molar-refractivity contribution is 7.89. The zero-order chi connectivity index (χ0) is 21.6. The van der Waals surface area contributed by atoms with E-state index in [0.29, 0.717) is 28.6 Å². The van der Waals surface area contributed by atoms with E-state index in [9.17, 15) is 13.2 Å². The average Bonchev–Trinajstić information content (AvgIpc) is 2.72. The van der Waals surface area contributed by atoms with Gasteiger partial charge in [0.05, 0.1) is 4.90 Å². The van der Waals surface area contributed by atoms with Crippen LogP contribution < -0.4 is 21.1 Å². The number of hydrogen-bond donors (Lipinski definition) is 4. The van der Waals surface area contributed by atoms with E-state index in [2.05, 4.69) is 16.0 Å². The maximum Gasteiger partial charge on any atom is 0.251 e. The molecule has 1 amide bonds. The van der Waals surface area contributed by atoms with Crippen LogP contribution in [0.2, 0.25) is 0 Å².